The molecular formula is C39H57F2N5O9S2. The Morgan fingerprint density at radius 3 is 2.16 bits per heavy atom. The van der Waals surface area contributed by atoms with Crippen molar-refractivity contribution in [2.45, 2.75) is 123 Å². The highest BCUT2D eigenvalue weighted by Gasteiger charge is 2.35. The summed E-state index contributed by atoms with van der Waals surface area (Å²) in [5, 5.41) is 17.2. The van der Waals surface area contributed by atoms with Crippen molar-refractivity contribution in [2.75, 3.05) is 25.1 Å². The van der Waals surface area contributed by atoms with Crippen LogP contribution in [0.15, 0.2) is 41.6 Å². The van der Waals surface area contributed by atoms with E-state index in [1.165, 1.54) is 14.2 Å². The summed E-state index contributed by atoms with van der Waals surface area (Å²) < 4.78 is 85.7. The molecule has 3 aromatic rings. The number of hydrogen-bond donors (Lipinski definition) is 3. The molecule has 3 rings (SSSR count). The first-order valence-corrected chi connectivity index (χ1v) is 20.7. The minimum absolute atomic E-state index is 0.0632. The highest BCUT2D eigenvalue weighted by atomic mass is 32.2. The quantitative estimate of drug-likeness (QED) is 0.116. The molecule has 318 valence electrons. The van der Waals surface area contributed by atoms with Crippen molar-refractivity contribution >= 4 is 38.9 Å². The average molecular weight is 842 g/mol. The van der Waals surface area contributed by atoms with Crippen molar-refractivity contribution < 1.29 is 50.8 Å². The number of nitrogens with one attached hydrogen (secondary N) is 2. The van der Waals surface area contributed by atoms with E-state index in [0.717, 1.165) is 28.2 Å². The molecule has 57 heavy (non-hydrogen) atoms. The summed E-state index contributed by atoms with van der Waals surface area (Å²) in [6.07, 6.45) is -0.686. The summed E-state index contributed by atoms with van der Waals surface area (Å²) in [5.74, 6) is -2.16. The lowest BCUT2D eigenvalue weighted by Crippen LogP contribution is -2.46. The van der Waals surface area contributed by atoms with Crippen LogP contribution in [0, 0.1) is 23.0 Å². The third kappa shape index (κ3) is 14.2. The van der Waals surface area contributed by atoms with Gasteiger partial charge in [0.25, 0.3) is 10.0 Å². The number of rotatable bonds is 18. The minimum atomic E-state index is -4.73. The van der Waals surface area contributed by atoms with Crippen LogP contribution in [-0.2, 0) is 32.5 Å². The van der Waals surface area contributed by atoms with Crippen molar-refractivity contribution in [3.05, 3.63) is 59.4 Å². The number of aliphatic hydroxyl groups excluding tert-OH is 1. The van der Waals surface area contributed by atoms with Gasteiger partial charge in [0.15, 0.2) is 0 Å². The molecule has 3 atom stereocenters. The fourth-order valence-corrected chi connectivity index (χ4v) is 8.30. The summed E-state index contributed by atoms with van der Waals surface area (Å²) in [6.45, 7) is 16.0. The number of alkyl carbamates (subject to hydrolysis) is 2. The number of aliphatic hydroxyl groups is 1. The van der Waals surface area contributed by atoms with Crippen molar-refractivity contribution in [1.29, 1.82) is 0 Å². The maximum absolute atomic E-state index is 15.5. The summed E-state index contributed by atoms with van der Waals surface area (Å²) in [7, 11) is -1.85. The largest absolute Gasteiger partial charge is 0.497 e. The fraction of sp³-hybridized carbons (Fsp3) is 0.590. The number of carbonyl (C=O) groups is 2. The predicted octanol–water partition coefficient (Wildman–Crippen LogP) is 7.38. The number of hydrogen-bond acceptors (Lipinski definition) is 12. The van der Waals surface area contributed by atoms with Gasteiger partial charge in [-0.2, -0.15) is 4.37 Å². The molecule has 0 aliphatic heterocycles. The topological polar surface area (TPSA) is 179 Å². The van der Waals surface area contributed by atoms with Crippen LogP contribution >= 0.6 is 11.5 Å². The molecular weight excluding hydrogens is 785 g/mol. The van der Waals surface area contributed by atoms with E-state index in [2.05, 4.69) is 20.0 Å². The molecule has 0 aliphatic rings. The lowest BCUT2D eigenvalue weighted by Gasteiger charge is -2.36. The molecule has 0 bridgehead atoms. The third-order valence-corrected chi connectivity index (χ3v) is 11.4. The van der Waals surface area contributed by atoms with Crippen molar-refractivity contribution in [2.24, 2.45) is 11.3 Å². The van der Waals surface area contributed by atoms with Gasteiger partial charge in [0.1, 0.15) is 45.6 Å². The minimum Gasteiger partial charge on any atom is -0.497 e. The maximum atomic E-state index is 15.5. The van der Waals surface area contributed by atoms with E-state index in [0.29, 0.717) is 36.0 Å². The van der Waals surface area contributed by atoms with E-state index in [1.54, 1.807) is 66.7 Å². The van der Waals surface area contributed by atoms with Gasteiger partial charge in [0.2, 0.25) is 5.13 Å². The second kappa shape index (κ2) is 19.4. The van der Waals surface area contributed by atoms with Gasteiger partial charge in [-0.05, 0) is 103 Å². The van der Waals surface area contributed by atoms with Gasteiger partial charge in [0.05, 0.1) is 26.9 Å². The summed E-state index contributed by atoms with van der Waals surface area (Å²) in [4.78, 5) is 28.3. The number of aryl methyl sites for hydroxylation is 1. The second-order valence-corrected chi connectivity index (χ2v) is 19.1. The number of anilines is 1. The van der Waals surface area contributed by atoms with E-state index < -0.39 is 73.4 Å². The van der Waals surface area contributed by atoms with Crippen LogP contribution in [-0.4, -0.2) is 79.2 Å². The van der Waals surface area contributed by atoms with Crippen molar-refractivity contribution in [1.82, 2.24) is 20.0 Å². The number of ether oxygens (including phenoxy) is 4. The number of benzene rings is 2. The molecule has 1 unspecified atom stereocenters. The number of amides is 2. The Hall–Kier alpha value is -4.29. The molecule has 14 nitrogen and oxygen atoms in total. The molecule has 0 saturated carbocycles. The molecule has 0 saturated heterocycles. The zero-order valence-corrected chi connectivity index (χ0v) is 36.2. The van der Waals surface area contributed by atoms with Gasteiger partial charge < -0.3 is 34.7 Å². The Morgan fingerprint density at radius 1 is 0.930 bits per heavy atom. The SMILES string of the molecule is COc1ccc(CN(c2ncns2)S(=O)(=O)c2cc(CCC(O)[C@H](CC(C)(C)CCNC(=O)OC(C)(C)C)[C@@H](C)NC(=O)OC(C)(C)C)c(F)cc2F)c(OC)c1. The van der Waals surface area contributed by atoms with Crippen LogP contribution in [0.25, 0.3) is 0 Å². The van der Waals surface area contributed by atoms with Crippen LogP contribution in [0.4, 0.5) is 23.5 Å². The van der Waals surface area contributed by atoms with E-state index in [9.17, 15) is 23.1 Å². The van der Waals surface area contributed by atoms with Crippen LogP contribution < -0.4 is 24.4 Å². The Morgan fingerprint density at radius 2 is 1.58 bits per heavy atom. The molecule has 0 aliphatic carbocycles. The van der Waals surface area contributed by atoms with Crippen molar-refractivity contribution in [3.8, 4) is 11.5 Å². The molecule has 0 radical (unpaired) electrons. The Balaban J connectivity index is 1.91. The molecule has 18 heteroatoms. The number of methoxy groups -OCH3 is 2. The molecule has 1 aromatic heterocycles. The smallest absolute Gasteiger partial charge is 0.407 e. The van der Waals surface area contributed by atoms with Gasteiger partial charge in [0, 0.05) is 47.7 Å². The molecule has 3 N–H and O–H groups in total. The number of aromatic nitrogens is 2. The normalized spacial score (nSPS) is 13.9. The first-order chi connectivity index (χ1) is 26.4. The van der Waals surface area contributed by atoms with Gasteiger partial charge in [-0.15, -0.1) is 0 Å². The number of carbonyl (C=O) groups excluding carboxylic acids is 2. The van der Waals surface area contributed by atoms with Crippen molar-refractivity contribution in [3.63, 3.8) is 0 Å². The molecule has 1 heterocycles. The number of halogens is 2. The van der Waals surface area contributed by atoms with Gasteiger partial charge in [-0.3, -0.25) is 0 Å². The highest BCUT2D eigenvalue weighted by molar-refractivity contribution is 7.93. The molecule has 0 fully saturated rings. The standard InChI is InChI=1S/C39H57F2N5O9S2/c1-24(45-36(49)55-38(5,6)7)28(21-39(8,9)16-17-42-35(48)54-37(2,3)4)31(47)15-13-25-18-33(30(41)20-29(25)40)57(50,51)46(34-43-23-44-56-34)22-26-12-14-27(52-10)19-32(26)53-11/h12,14,18-20,23-24,28,31,47H,13,15-17,21-22H2,1-11H3,(H,42,48)(H,45,49)/t24-,28-,31?/m1/s1. The molecule has 0 spiro atoms. The van der Waals surface area contributed by atoms with Gasteiger partial charge >= 0.3 is 12.2 Å². The second-order valence-electron chi connectivity index (χ2n) is 16.5. The van der Waals surface area contributed by atoms with Crippen LogP contribution in [0.5, 0.6) is 11.5 Å². The zero-order valence-electron chi connectivity index (χ0n) is 34.6. The Bertz CT molecular complexity index is 1920. The maximum Gasteiger partial charge on any atom is 0.407 e. The lowest BCUT2D eigenvalue weighted by molar-refractivity contribution is 0.0298. The average Bonchev–Trinajstić information content (AvgIpc) is 3.61. The molecule has 2 amide bonds. The lowest BCUT2D eigenvalue weighted by atomic mass is 9.75. The summed E-state index contributed by atoms with van der Waals surface area (Å²) >= 11 is 0.770. The zero-order chi connectivity index (χ0) is 42.9. The van der Waals surface area contributed by atoms with Crippen LogP contribution in [0.1, 0.15) is 92.7 Å². The number of sulfonamides is 1. The van der Waals surface area contributed by atoms with E-state index in [-0.39, 0.29) is 36.6 Å². The Kier molecular flexibility index (Phi) is 16.1. The highest BCUT2D eigenvalue weighted by Crippen LogP contribution is 2.36. The predicted molar refractivity (Wildman–Crippen MR) is 213 cm³/mol. The number of nitrogens with zero attached hydrogens (tertiary/aromatic N) is 3. The summed E-state index contributed by atoms with van der Waals surface area (Å²) in [5.41, 5.74) is -1.69. The Labute approximate surface area is 338 Å². The molecule has 2 aromatic carbocycles. The fourth-order valence-electron chi connectivity index (χ4n) is 6.07. The van der Waals surface area contributed by atoms with E-state index >= 15 is 8.78 Å². The summed E-state index contributed by atoms with van der Waals surface area (Å²) in [6, 6.07) is 5.58. The van der Waals surface area contributed by atoms with Crippen LogP contribution in [0.3, 0.4) is 0 Å². The first-order valence-electron chi connectivity index (χ1n) is 18.5. The van der Waals surface area contributed by atoms with E-state index in [1.807, 2.05) is 13.8 Å². The first kappa shape index (κ1) is 47.1. The van der Waals surface area contributed by atoms with Crippen LogP contribution in [0.2, 0.25) is 0 Å². The monoisotopic (exact) mass is 841 g/mol. The van der Waals surface area contributed by atoms with Gasteiger partial charge in [-0.25, -0.2) is 36.1 Å². The third-order valence-electron chi connectivity index (χ3n) is 8.89. The van der Waals surface area contributed by atoms with E-state index in [4.69, 9.17) is 18.9 Å². The van der Waals surface area contributed by atoms with Gasteiger partial charge in [-0.1, -0.05) is 13.8 Å².